The van der Waals surface area contributed by atoms with Gasteiger partial charge in [0.2, 0.25) is 0 Å². The number of nitrogens with one attached hydrogen (secondary N) is 1. The number of aliphatic hydroxyl groups is 1. The topological polar surface area (TPSA) is 54.4 Å². The molecule has 0 atom stereocenters. The summed E-state index contributed by atoms with van der Waals surface area (Å²) in [4.78, 5) is 4.10. The average Bonchev–Trinajstić information content (AvgIpc) is 2.17. The van der Waals surface area contributed by atoms with Crippen LogP contribution in [0.5, 0.6) is 0 Å². The molecule has 1 aliphatic heterocycles. The number of nitrogens with zero attached hydrogens (tertiary/aromatic N) is 1. The van der Waals surface area contributed by atoms with Crippen molar-refractivity contribution in [1.29, 1.82) is 0 Å². The van der Waals surface area contributed by atoms with E-state index in [1.807, 2.05) is 6.07 Å². The largest absolute Gasteiger partial charge is 0.383 e. The van der Waals surface area contributed by atoms with E-state index in [0.717, 1.165) is 3.57 Å². The van der Waals surface area contributed by atoms with Gasteiger partial charge in [0, 0.05) is 16.3 Å². The van der Waals surface area contributed by atoms with Gasteiger partial charge in [-0.05, 0) is 28.7 Å². The SMILES string of the molecule is OC1(CNc2nccc(I)c2Cl)COC1. The van der Waals surface area contributed by atoms with Gasteiger partial charge in [0.1, 0.15) is 11.4 Å². The van der Waals surface area contributed by atoms with E-state index in [2.05, 4.69) is 32.9 Å². The summed E-state index contributed by atoms with van der Waals surface area (Å²) in [6.45, 7) is 1.13. The fourth-order valence-corrected chi connectivity index (χ4v) is 1.83. The summed E-state index contributed by atoms with van der Waals surface area (Å²) in [5, 5.41) is 13.4. The maximum Gasteiger partial charge on any atom is 0.145 e. The molecule has 0 amide bonds. The lowest BCUT2D eigenvalue weighted by Crippen LogP contribution is -2.54. The lowest BCUT2D eigenvalue weighted by molar-refractivity contribution is -0.168. The Morgan fingerprint density at radius 1 is 1.67 bits per heavy atom. The molecule has 0 spiro atoms. The Labute approximate surface area is 106 Å². The van der Waals surface area contributed by atoms with Gasteiger partial charge in [0.05, 0.1) is 18.2 Å². The first-order valence-electron chi connectivity index (χ1n) is 4.45. The minimum Gasteiger partial charge on any atom is -0.383 e. The lowest BCUT2D eigenvalue weighted by atomic mass is 10.0. The first kappa shape index (κ1) is 11.4. The van der Waals surface area contributed by atoms with Crippen LogP contribution in [0.15, 0.2) is 12.3 Å². The van der Waals surface area contributed by atoms with Gasteiger partial charge >= 0.3 is 0 Å². The molecule has 0 aliphatic carbocycles. The molecule has 0 radical (unpaired) electrons. The van der Waals surface area contributed by atoms with Crippen LogP contribution < -0.4 is 5.32 Å². The molecule has 1 fully saturated rings. The van der Waals surface area contributed by atoms with Gasteiger partial charge < -0.3 is 15.2 Å². The zero-order chi connectivity index (χ0) is 10.9. The third-order valence-electron chi connectivity index (χ3n) is 2.17. The molecule has 0 bridgehead atoms. The smallest absolute Gasteiger partial charge is 0.145 e. The first-order chi connectivity index (χ1) is 7.11. The molecule has 2 heterocycles. The molecule has 6 heteroatoms. The van der Waals surface area contributed by atoms with E-state index in [9.17, 15) is 5.11 Å². The summed E-state index contributed by atoms with van der Waals surface area (Å²) >= 11 is 8.17. The van der Waals surface area contributed by atoms with Gasteiger partial charge in [0.15, 0.2) is 0 Å². The number of hydrogen-bond donors (Lipinski definition) is 2. The average molecular weight is 341 g/mol. The standard InChI is InChI=1S/C9H10ClIN2O2/c10-7-6(11)1-2-12-8(7)13-3-9(14)4-15-5-9/h1-2,14H,3-5H2,(H,12,13). The van der Waals surface area contributed by atoms with Crippen molar-refractivity contribution in [3.63, 3.8) is 0 Å². The minimum atomic E-state index is -0.772. The maximum atomic E-state index is 9.77. The van der Waals surface area contributed by atoms with Crippen molar-refractivity contribution in [2.45, 2.75) is 5.60 Å². The Kier molecular flexibility index (Phi) is 3.34. The first-order valence-corrected chi connectivity index (χ1v) is 5.90. The second-order valence-electron chi connectivity index (χ2n) is 3.53. The van der Waals surface area contributed by atoms with Crippen LogP contribution in [0.25, 0.3) is 0 Å². The number of anilines is 1. The zero-order valence-corrected chi connectivity index (χ0v) is 10.7. The van der Waals surface area contributed by atoms with E-state index < -0.39 is 5.60 Å². The third-order valence-corrected chi connectivity index (χ3v) is 3.77. The number of aromatic nitrogens is 1. The molecule has 2 rings (SSSR count). The second kappa shape index (κ2) is 4.40. The van der Waals surface area contributed by atoms with Crippen molar-refractivity contribution in [2.75, 3.05) is 25.1 Å². The molecule has 2 N–H and O–H groups in total. The molecule has 1 aromatic heterocycles. The van der Waals surface area contributed by atoms with Crippen molar-refractivity contribution in [3.05, 3.63) is 20.9 Å². The quantitative estimate of drug-likeness (QED) is 0.819. The van der Waals surface area contributed by atoms with Crippen molar-refractivity contribution < 1.29 is 9.84 Å². The summed E-state index contributed by atoms with van der Waals surface area (Å²) < 4.78 is 5.87. The van der Waals surface area contributed by atoms with Crippen molar-refractivity contribution >= 4 is 40.0 Å². The van der Waals surface area contributed by atoms with Gasteiger partial charge in [-0.2, -0.15) is 0 Å². The predicted octanol–water partition coefficient (Wildman–Crippen LogP) is 1.51. The molecule has 1 saturated heterocycles. The van der Waals surface area contributed by atoms with E-state index in [4.69, 9.17) is 16.3 Å². The van der Waals surface area contributed by atoms with Crippen LogP contribution in [0.2, 0.25) is 5.02 Å². The van der Waals surface area contributed by atoms with E-state index in [-0.39, 0.29) is 0 Å². The third kappa shape index (κ3) is 2.52. The van der Waals surface area contributed by atoms with Gasteiger partial charge in [-0.15, -0.1) is 0 Å². The van der Waals surface area contributed by atoms with Crippen LogP contribution in [0.3, 0.4) is 0 Å². The minimum absolute atomic E-state index is 0.363. The highest BCUT2D eigenvalue weighted by atomic mass is 127. The summed E-state index contributed by atoms with van der Waals surface area (Å²) in [5.74, 6) is 0.601. The van der Waals surface area contributed by atoms with Crippen molar-refractivity contribution in [1.82, 2.24) is 4.98 Å². The maximum absolute atomic E-state index is 9.77. The van der Waals surface area contributed by atoms with Crippen LogP contribution in [-0.4, -0.2) is 35.5 Å². The molecule has 0 saturated carbocycles. The van der Waals surface area contributed by atoms with Crippen LogP contribution >= 0.6 is 34.2 Å². The number of halogens is 2. The molecule has 15 heavy (non-hydrogen) atoms. The van der Waals surface area contributed by atoms with E-state index >= 15 is 0 Å². The number of pyridine rings is 1. The van der Waals surface area contributed by atoms with Gasteiger partial charge in [-0.1, -0.05) is 11.6 Å². The number of rotatable bonds is 3. The van der Waals surface area contributed by atoms with Gasteiger partial charge in [-0.3, -0.25) is 0 Å². The molecular weight excluding hydrogens is 330 g/mol. The molecule has 0 unspecified atom stereocenters. The predicted molar refractivity (Wildman–Crippen MR) is 66.2 cm³/mol. The van der Waals surface area contributed by atoms with E-state index in [1.54, 1.807) is 6.20 Å². The van der Waals surface area contributed by atoms with Crippen LogP contribution in [-0.2, 0) is 4.74 Å². The molecule has 4 nitrogen and oxygen atoms in total. The van der Waals surface area contributed by atoms with Crippen LogP contribution in [0.1, 0.15) is 0 Å². The molecule has 82 valence electrons. The van der Waals surface area contributed by atoms with E-state index in [0.29, 0.717) is 30.6 Å². The Bertz CT molecular complexity index is 371. The zero-order valence-electron chi connectivity index (χ0n) is 7.83. The highest BCUT2D eigenvalue weighted by Crippen LogP contribution is 2.26. The summed E-state index contributed by atoms with van der Waals surface area (Å²) in [6, 6.07) is 1.83. The second-order valence-corrected chi connectivity index (χ2v) is 5.07. The Hall–Kier alpha value is -0.110. The van der Waals surface area contributed by atoms with Crippen LogP contribution in [0.4, 0.5) is 5.82 Å². The Balaban J connectivity index is 2.01. The fourth-order valence-electron chi connectivity index (χ4n) is 1.23. The highest BCUT2D eigenvalue weighted by Gasteiger charge is 2.35. The molecule has 1 aromatic rings. The highest BCUT2D eigenvalue weighted by molar-refractivity contribution is 14.1. The summed E-state index contributed by atoms with van der Waals surface area (Å²) in [6.07, 6.45) is 1.68. The molecular formula is C9H10ClIN2O2. The number of ether oxygens (including phenoxy) is 1. The Morgan fingerprint density at radius 3 is 3.00 bits per heavy atom. The number of hydrogen-bond acceptors (Lipinski definition) is 4. The fraction of sp³-hybridized carbons (Fsp3) is 0.444. The molecule has 0 aromatic carbocycles. The summed E-state index contributed by atoms with van der Waals surface area (Å²) in [7, 11) is 0. The van der Waals surface area contributed by atoms with Crippen molar-refractivity contribution in [2.24, 2.45) is 0 Å². The Morgan fingerprint density at radius 2 is 2.40 bits per heavy atom. The normalized spacial score (nSPS) is 18.3. The molecule has 1 aliphatic rings. The van der Waals surface area contributed by atoms with Gasteiger partial charge in [-0.25, -0.2) is 4.98 Å². The van der Waals surface area contributed by atoms with Crippen molar-refractivity contribution in [3.8, 4) is 0 Å². The monoisotopic (exact) mass is 340 g/mol. The summed E-state index contributed by atoms with van der Waals surface area (Å²) in [5.41, 5.74) is -0.772. The van der Waals surface area contributed by atoms with Crippen LogP contribution in [0, 0.1) is 3.57 Å². The lowest BCUT2D eigenvalue weighted by Gasteiger charge is -2.36. The van der Waals surface area contributed by atoms with Gasteiger partial charge in [0.25, 0.3) is 0 Å². The van der Waals surface area contributed by atoms with E-state index in [1.165, 1.54) is 0 Å².